The Morgan fingerprint density at radius 2 is 2.20 bits per heavy atom. The van der Waals surface area contributed by atoms with E-state index in [2.05, 4.69) is 21.5 Å². The van der Waals surface area contributed by atoms with Crippen molar-refractivity contribution in [2.24, 2.45) is 0 Å². The molecule has 5 heteroatoms. The first-order chi connectivity index (χ1) is 9.90. The van der Waals surface area contributed by atoms with Crippen LogP contribution in [0, 0.1) is 0 Å². The fraction of sp³-hybridized carbons (Fsp3) is 0.467. The van der Waals surface area contributed by atoms with Gasteiger partial charge in [0.25, 0.3) is 0 Å². The highest BCUT2D eigenvalue weighted by Crippen LogP contribution is 2.35. The molecule has 0 radical (unpaired) electrons. The Hall–Kier alpha value is -1.88. The third-order valence-electron chi connectivity index (χ3n) is 4.04. The molecule has 4 rings (SSSR count). The van der Waals surface area contributed by atoms with Crippen LogP contribution in [-0.2, 0) is 6.42 Å². The molecule has 0 bridgehead atoms. The first-order valence-electron chi connectivity index (χ1n) is 7.19. The molecule has 2 aliphatic heterocycles. The minimum absolute atomic E-state index is 0.110. The monoisotopic (exact) mass is 271 g/mol. The van der Waals surface area contributed by atoms with Crippen LogP contribution in [0.3, 0.4) is 0 Å². The number of piperidine rings is 1. The highest BCUT2D eigenvalue weighted by molar-refractivity contribution is 5.37. The van der Waals surface area contributed by atoms with Crippen LogP contribution in [0.1, 0.15) is 42.1 Å². The van der Waals surface area contributed by atoms with Crippen LogP contribution >= 0.6 is 0 Å². The molecule has 1 N–H and O–H groups in total. The zero-order valence-electron chi connectivity index (χ0n) is 11.2. The Bertz CT molecular complexity index is 580. The predicted molar refractivity (Wildman–Crippen MR) is 72.7 cm³/mol. The molecule has 1 aromatic carbocycles. The van der Waals surface area contributed by atoms with Gasteiger partial charge in [0.15, 0.2) is 6.10 Å². The molecule has 5 nitrogen and oxygen atoms in total. The fourth-order valence-electron chi connectivity index (χ4n) is 2.93. The summed E-state index contributed by atoms with van der Waals surface area (Å²) < 4.78 is 11.3. The van der Waals surface area contributed by atoms with E-state index >= 15 is 0 Å². The summed E-state index contributed by atoms with van der Waals surface area (Å²) in [6, 6.07) is 8.08. The van der Waals surface area contributed by atoms with Crippen molar-refractivity contribution in [3.05, 3.63) is 41.5 Å². The quantitative estimate of drug-likeness (QED) is 0.907. The molecule has 0 amide bonds. The number of benzene rings is 1. The van der Waals surface area contributed by atoms with Gasteiger partial charge >= 0.3 is 0 Å². The predicted octanol–water partition coefficient (Wildman–Crippen LogP) is 2.21. The van der Waals surface area contributed by atoms with E-state index in [1.54, 1.807) is 0 Å². The first-order valence-corrected chi connectivity index (χ1v) is 7.19. The van der Waals surface area contributed by atoms with Crippen molar-refractivity contribution in [2.45, 2.75) is 31.3 Å². The van der Waals surface area contributed by atoms with E-state index in [-0.39, 0.29) is 6.10 Å². The number of ether oxygens (including phenoxy) is 1. The molecule has 1 aromatic heterocycles. The Morgan fingerprint density at radius 1 is 1.25 bits per heavy atom. The SMILES string of the molecule is c1ccc2c(c1)CC(c1noc([C@@H]3CCCNC3)n1)O2. The molecule has 0 saturated carbocycles. The van der Waals surface area contributed by atoms with Crippen LogP contribution in [0.5, 0.6) is 5.75 Å². The highest BCUT2D eigenvalue weighted by Gasteiger charge is 2.30. The summed E-state index contributed by atoms with van der Waals surface area (Å²) >= 11 is 0. The lowest BCUT2D eigenvalue weighted by Crippen LogP contribution is -2.28. The van der Waals surface area contributed by atoms with Crippen molar-refractivity contribution in [3.63, 3.8) is 0 Å². The molecule has 3 heterocycles. The summed E-state index contributed by atoms with van der Waals surface area (Å²) in [5, 5.41) is 7.48. The van der Waals surface area contributed by atoms with Gasteiger partial charge in [-0.25, -0.2) is 0 Å². The Morgan fingerprint density at radius 3 is 3.05 bits per heavy atom. The molecule has 0 spiro atoms. The number of hydrogen-bond donors (Lipinski definition) is 1. The molecule has 1 fully saturated rings. The van der Waals surface area contributed by atoms with Gasteiger partial charge in [-0.1, -0.05) is 23.4 Å². The molecular formula is C15H17N3O2. The number of nitrogens with zero attached hydrogens (tertiary/aromatic N) is 2. The normalized spacial score (nSPS) is 25.2. The summed E-state index contributed by atoms with van der Waals surface area (Å²) in [7, 11) is 0. The minimum atomic E-state index is -0.110. The van der Waals surface area contributed by atoms with E-state index in [0.717, 1.165) is 44.0 Å². The maximum Gasteiger partial charge on any atom is 0.231 e. The average molecular weight is 271 g/mol. The lowest BCUT2D eigenvalue weighted by Gasteiger charge is -2.18. The van der Waals surface area contributed by atoms with Gasteiger partial charge in [0.05, 0.1) is 5.92 Å². The van der Waals surface area contributed by atoms with Crippen molar-refractivity contribution in [1.82, 2.24) is 15.5 Å². The maximum atomic E-state index is 5.89. The first kappa shape index (κ1) is 11.9. The molecule has 1 unspecified atom stereocenters. The van der Waals surface area contributed by atoms with Crippen LogP contribution in [0.4, 0.5) is 0 Å². The van der Waals surface area contributed by atoms with Crippen molar-refractivity contribution in [1.29, 1.82) is 0 Å². The minimum Gasteiger partial charge on any atom is -0.482 e. The van der Waals surface area contributed by atoms with Gasteiger partial charge in [-0.3, -0.25) is 0 Å². The molecule has 1 saturated heterocycles. The third kappa shape index (κ3) is 2.08. The summed E-state index contributed by atoms with van der Waals surface area (Å²) in [5.74, 6) is 2.69. The smallest absolute Gasteiger partial charge is 0.231 e. The van der Waals surface area contributed by atoms with Gasteiger partial charge < -0.3 is 14.6 Å². The van der Waals surface area contributed by atoms with E-state index in [0.29, 0.717) is 11.7 Å². The molecule has 20 heavy (non-hydrogen) atoms. The molecule has 0 aliphatic carbocycles. The summed E-state index contributed by atoms with van der Waals surface area (Å²) in [4.78, 5) is 4.56. The number of nitrogens with one attached hydrogen (secondary N) is 1. The summed E-state index contributed by atoms with van der Waals surface area (Å²) in [6.07, 6.45) is 2.98. The van der Waals surface area contributed by atoms with Crippen molar-refractivity contribution in [3.8, 4) is 5.75 Å². The second kappa shape index (κ2) is 4.90. The summed E-state index contributed by atoms with van der Waals surface area (Å²) in [5.41, 5.74) is 1.21. The Kier molecular flexibility index (Phi) is 2.92. The van der Waals surface area contributed by atoms with Gasteiger partial charge in [-0.05, 0) is 31.0 Å². The molecule has 104 valence electrons. The van der Waals surface area contributed by atoms with Crippen LogP contribution < -0.4 is 10.1 Å². The van der Waals surface area contributed by atoms with E-state index in [1.807, 2.05) is 18.2 Å². The highest BCUT2D eigenvalue weighted by atomic mass is 16.5. The zero-order chi connectivity index (χ0) is 13.4. The van der Waals surface area contributed by atoms with Crippen LogP contribution in [-0.4, -0.2) is 23.2 Å². The van der Waals surface area contributed by atoms with Crippen LogP contribution in [0.25, 0.3) is 0 Å². The largest absolute Gasteiger partial charge is 0.482 e. The number of para-hydroxylation sites is 1. The maximum absolute atomic E-state index is 5.89. The second-order valence-corrected chi connectivity index (χ2v) is 5.45. The molecule has 2 aliphatic rings. The lowest BCUT2D eigenvalue weighted by molar-refractivity contribution is 0.220. The molecular weight excluding hydrogens is 254 g/mol. The number of rotatable bonds is 2. The molecule has 2 aromatic rings. The Balaban J connectivity index is 1.52. The van der Waals surface area contributed by atoms with E-state index in [4.69, 9.17) is 9.26 Å². The van der Waals surface area contributed by atoms with E-state index in [9.17, 15) is 0 Å². The number of fused-ring (bicyclic) bond motifs is 1. The van der Waals surface area contributed by atoms with Gasteiger partial charge in [-0.2, -0.15) is 4.98 Å². The van der Waals surface area contributed by atoms with E-state index in [1.165, 1.54) is 5.56 Å². The van der Waals surface area contributed by atoms with Crippen LogP contribution in [0.15, 0.2) is 28.8 Å². The van der Waals surface area contributed by atoms with Crippen molar-refractivity contribution < 1.29 is 9.26 Å². The van der Waals surface area contributed by atoms with Crippen molar-refractivity contribution >= 4 is 0 Å². The van der Waals surface area contributed by atoms with Gasteiger partial charge in [-0.15, -0.1) is 0 Å². The van der Waals surface area contributed by atoms with Gasteiger partial charge in [0.2, 0.25) is 11.7 Å². The third-order valence-corrected chi connectivity index (χ3v) is 4.04. The zero-order valence-corrected chi connectivity index (χ0v) is 11.2. The summed E-state index contributed by atoms with van der Waals surface area (Å²) in [6.45, 7) is 2.01. The number of hydrogen-bond acceptors (Lipinski definition) is 5. The lowest BCUT2D eigenvalue weighted by atomic mass is 10.00. The molecule has 2 atom stereocenters. The Labute approximate surface area is 117 Å². The second-order valence-electron chi connectivity index (χ2n) is 5.45. The standard InChI is InChI=1S/C15H17N3O2/c1-2-6-12-10(4-1)8-13(19-12)14-17-15(20-18-14)11-5-3-7-16-9-11/h1-2,4,6,11,13,16H,3,5,7-9H2/t11-,13?/m1/s1. The number of aromatic nitrogens is 2. The van der Waals surface area contributed by atoms with Crippen LogP contribution in [0.2, 0.25) is 0 Å². The fourth-order valence-corrected chi connectivity index (χ4v) is 2.93. The topological polar surface area (TPSA) is 60.2 Å². The van der Waals surface area contributed by atoms with E-state index < -0.39 is 0 Å². The van der Waals surface area contributed by atoms with Crippen molar-refractivity contribution in [2.75, 3.05) is 13.1 Å². The van der Waals surface area contributed by atoms with Gasteiger partial charge in [0, 0.05) is 13.0 Å². The average Bonchev–Trinajstić information content (AvgIpc) is 3.14. The van der Waals surface area contributed by atoms with Gasteiger partial charge in [0.1, 0.15) is 5.75 Å².